The lowest BCUT2D eigenvalue weighted by atomic mass is 10.2. The molecular formula is C16H16N4O2S. The van der Waals surface area contributed by atoms with Crippen LogP contribution in [0.5, 0.6) is 0 Å². The summed E-state index contributed by atoms with van der Waals surface area (Å²) in [6.07, 6.45) is 3.66. The van der Waals surface area contributed by atoms with E-state index in [4.69, 9.17) is 5.26 Å². The topological polar surface area (TPSA) is 79.0 Å². The third-order valence-corrected chi connectivity index (χ3v) is 5.77. The monoisotopic (exact) mass is 328 g/mol. The van der Waals surface area contributed by atoms with Crippen molar-refractivity contribution in [3.8, 4) is 6.07 Å². The molecule has 0 radical (unpaired) electrons. The molecule has 0 aromatic carbocycles. The molecule has 1 aliphatic heterocycles. The Labute approximate surface area is 137 Å². The number of carbonyl (C=O) groups is 1. The van der Waals surface area contributed by atoms with Gasteiger partial charge in [0.05, 0.1) is 16.3 Å². The van der Waals surface area contributed by atoms with Crippen LogP contribution in [-0.2, 0) is 13.0 Å². The Morgan fingerprint density at radius 1 is 1.52 bits per heavy atom. The lowest BCUT2D eigenvalue weighted by Crippen LogP contribution is -2.33. The van der Waals surface area contributed by atoms with Crippen LogP contribution in [0.15, 0.2) is 4.79 Å². The van der Waals surface area contributed by atoms with E-state index in [0.29, 0.717) is 27.2 Å². The largest absolute Gasteiger partial charge is 0.322 e. The SMILES string of the molecule is Cc1c(C(=O)N(CC#N)C2CC2)sc2nc3n(c(=O)c12)CCC3. The highest BCUT2D eigenvalue weighted by atomic mass is 32.1. The van der Waals surface area contributed by atoms with E-state index in [9.17, 15) is 9.59 Å². The summed E-state index contributed by atoms with van der Waals surface area (Å²) in [5.41, 5.74) is 0.673. The summed E-state index contributed by atoms with van der Waals surface area (Å²) in [6, 6.07) is 2.24. The van der Waals surface area contributed by atoms with Gasteiger partial charge in [-0.1, -0.05) is 0 Å². The van der Waals surface area contributed by atoms with Crippen LogP contribution in [0.3, 0.4) is 0 Å². The van der Waals surface area contributed by atoms with Crippen LogP contribution in [0.25, 0.3) is 10.2 Å². The second-order valence-electron chi connectivity index (χ2n) is 6.15. The summed E-state index contributed by atoms with van der Waals surface area (Å²) in [5, 5.41) is 9.53. The van der Waals surface area contributed by atoms with Crippen molar-refractivity contribution in [2.75, 3.05) is 6.54 Å². The van der Waals surface area contributed by atoms with Crippen LogP contribution in [-0.4, -0.2) is 32.9 Å². The Hall–Kier alpha value is -2.20. The second kappa shape index (κ2) is 5.17. The van der Waals surface area contributed by atoms with Crippen molar-refractivity contribution in [1.29, 1.82) is 5.26 Å². The maximum atomic E-state index is 12.8. The van der Waals surface area contributed by atoms with Crippen molar-refractivity contribution in [3.05, 3.63) is 26.6 Å². The van der Waals surface area contributed by atoms with Crippen LogP contribution in [0, 0.1) is 18.3 Å². The zero-order valence-electron chi connectivity index (χ0n) is 12.8. The lowest BCUT2D eigenvalue weighted by molar-refractivity contribution is 0.0769. The molecule has 7 heteroatoms. The van der Waals surface area contributed by atoms with E-state index in [0.717, 1.165) is 31.5 Å². The average molecular weight is 328 g/mol. The minimum atomic E-state index is -0.140. The number of carbonyl (C=O) groups excluding carboxylic acids is 1. The maximum absolute atomic E-state index is 12.8. The first-order chi connectivity index (χ1) is 11.1. The molecule has 1 amide bonds. The van der Waals surface area contributed by atoms with Gasteiger partial charge < -0.3 is 4.90 Å². The molecule has 0 atom stereocenters. The van der Waals surface area contributed by atoms with Gasteiger partial charge in [-0.05, 0) is 31.7 Å². The van der Waals surface area contributed by atoms with Crippen molar-refractivity contribution in [1.82, 2.24) is 14.5 Å². The number of nitrogens with zero attached hydrogens (tertiary/aromatic N) is 4. The fourth-order valence-corrected chi connectivity index (χ4v) is 4.39. The number of rotatable bonds is 3. The van der Waals surface area contributed by atoms with Gasteiger partial charge in [0.2, 0.25) is 0 Å². The zero-order chi connectivity index (χ0) is 16.1. The van der Waals surface area contributed by atoms with Crippen molar-refractivity contribution in [2.45, 2.75) is 45.2 Å². The summed E-state index contributed by atoms with van der Waals surface area (Å²) in [7, 11) is 0. The van der Waals surface area contributed by atoms with E-state index in [-0.39, 0.29) is 24.1 Å². The van der Waals surface area contributed by atoms with E-state index < -0.39 is 0 Å². The van der Waals surface area contributed by atoms with E-state index in [1.807, 2.05) is 6.92 Å². The zero-order valence-corrected chi connectivity index (χ0v) is 13.7. The molecule has 0 N–H and O–H groups in total. The smallest absolute Gasteiger partial charge is 0.265 e. The minimum Gasteiger partial charge on any atom is -0.322 e. The molecule has 2 aliphatic rings. The third kappa shape index (κ3) is 2.17. The standard InChI is InChI=1S/C16H16N4O2S/c1-9-12-14(18-11-3-2-7-20(11)15(12)21)23-13(9)16(22)19(8-6-17)10-4-5-10/h10H,2-5,7-8H2,1H3. The van der Waals surface area contributed by atoms with Gasteiger partial charge in [-0.2, -0.15) is 5.26 Å². The molecule has 0 unspecified atom stereocenters. The number of fused-ring (bicyclic) bond motifs is 2. The molecular weight excluding hydrogens is 312 g/mol. The molecule has 2 aromatic heterocycles. The Morgan fingerprint density at radius 3 is 3.00 bits per heavy atom. The van der Waals surface area contributed by atoms with Crippen LogP contribution in [0.2, 0.25) is 0 Å². The van der Waals surface area contributed by atoms with Gasteiger partial charge in [-0.25, -0.2) is 4.98 Å². The van der Waals surface area contributed by atoms with Gasteiger partial charge >= 0.3 is 0 Å². The first-order valence-corrected chi connectivity index (χ1v) is 8.64. The van der Waals surface area contributed by atoms with E-state index in [2.05, 4.69) is 11.1 Å². The Kier molecular flexibility index (Phi) is 3.23. The van der Waals surface area contributed by atoms with Crippen LogP contribution >= 0.6 is 11.3 Å². The Balaban J connectivity index is 1.84. The molecule has 0 spiro atoms. The summed E-state index contributed by atoms with van der Waals surface area (Å²) in [4.78, 5) is 32.9. The van der Waals surface area contributed by atoms with Gasteiger partial charge in [0.1, 0.15) is 17.2 Å². The molecule has 2 aromatic rings. The van der Waals surface area contributed by atoms with E-state index in [1.54, 1.807) is 9.47 Å². The molecule has 1 aliphatic carbocycles. The molecule has 1 saturated carbocycles. The van der Waals surface area contributed by atoms with Crippen LogP contribution in [0.1, 0.15) is 40.3 Å². The van der Waals surface area contributed by atoms with Gasteiger partial charge in [0.25, 0.3) is 11.5 Å². The highest BCUT2D eigenvalue weighted by Gasteiger charge is 2.35. The normalized spacial score (nSPS) is 16.3. The lowest BCUT2D eigenvalue weighted by Gasteiger charge is -2.18. The van der Waals surface area contributed by atoms with Crippen LogP contribution < -0.4 is 5.56 Å². The summed E-state index contributed by atoms with van der Waals surface area (Å²) < 4.78 is 1.73. The van der Waals surface area contributed by atoms with E-state index >= 15 is 0 Å². The quantitative estimate of drug-likeness (QED) is 0.805. The van der Waals surface area contributed by atoms with E-state index in [1.165, 1.54) is 11.3 Å². The summed E-state index contributed by atoms with van der Waals surface area (Å²) in [6.45, 7) is 2.62. The fraction of sp³-hybridized carbons (Fsp3) is 0.500. The number of aryl methyl sites for hydroxylation is 2. The van der Waals surface area contributed by atoms with Gasteiger partial charge in [0.15, 0.2) is 0 Å². The van der Waals surface area contributed by atoms with Crippen molar-refractivity contribution >= 4 is 27.5 Å². The molecule has 6 nitrogen and oxygen atoms in total. The number of thiophene rings is 1. The molecule has 1 fully saturated rings. The average Bonchev–Trinajstić information content (AvgIpc) is 3.16. The summed E-state index contributed by atoms with van der Waals surface area (Å²) in [5.74, 6) is 0.679. The van der Waals surface area contributed by atoms with Gasteiger partial charge in [-0.3, -0.25) is 14.2 Å². The van der Waals surface area contributed by atoms with Crippen molar-refractivity contribution < 1.29 is 4.79 Å². The Morgan fingerprint density at radius 2 is 2.30 bits per heavy atom. The number of aromatic nitrogens is 2. The first kappa shape index (κ1) is 14.4. The third-order valence-electron chi connectivity index (χ3n) is 4.60. The highest BCUT2D eigenvalue weighted by Crippen LogP contribution is 2.33. The maximum Gasteiger partial charge on any atom is 0.265 e. The van der Waals surface area contributed by atoms with Crippen LogP contribution in [0.4, 0.5) is 0 Å². The molecule has 0 bridgehead atoms. The number of nitriles is 1. The highest BCUT2D eigenvalue weighted by molar-refractivity contribution is 7.20. The number of hydrogen-bond acceptors (Lipinski definition) is 5. The predicted molar refractivity (Wildman–Crippen MR) is 86.6 cm³/mol. The van der Waals surface area contributed by atoms with Crippen molar-refractivity contribution in [3.63, 3.8) is 0 Å². The number of hydrogen-bond donors (Lipinski definition) is 0. The molecule has 4 rings (SSSR count). The molecule has 3 heterocycles. The fourth-order valence-electron chi connectivity index (χ4n) is 3.24. The van der Waals surface area contributed by atoms with Gasteiger partial charge in [0, 0.05) is 19.0 Å². The predicted octanol–water partition coefficient (Wildman–Crippen LogP) is 1.84. The van der Waals surface area contributed by atoms with Gasteiger partial charge in [-0.15, -0.1) is 11.3 Å². The number of amides is 1. The van der Waals surface area contributed by atoms with Crippen molar-refractivity contribution in [2.24, 2.45) is 0 Å². The molecule has 23 heavy (non-hydrogen) atoms. The minimum absolute atomic E-state index is 0.0337. The summed E-state index contributed by atoms with van der Waals surface area (Å²) >= 11 is 1.29. The second-order valence-corrected chi connectivity index (χ2v) is 7.15. The first-order valence-electron chi connectivity index (χ1n) is 7.82. The Bertz CT molecular complexity index is 917. The molecule has 118 valence electrons. The molecule has 0 saturated heterocycles.